The molecule has 0 spiro atoms. The first kappa shape index (κ1) is 14.3. The van der Waals surface area contributed by atoms with Crippen LogP contribution in [0.2, 0.25) is 0 Å². The van der Waals surface area contributed by atoms with E-state index < -0.39 is 7.53 Å². The molecule has 0 bridgehead atoms. The number of benzene rings is 2. The van der Waals surface area contributed by atoms with E-state index in [9.17, 15) is 0 Å². The lowest BCUT2D eigenvalue weighted by Crippen LogP contribution is -1.99. The zero-order valence-corrected chi connectivity index (χ0v) is 14.1. The standard InChI is InChI=1S/C18H21O2P/c1-18(2,3)21-16-9-7-6-8-12(16)13-10-14(19-4)15(20-5)11-17(13)21/h6-11H,1-5H3. The lowest BCUT2D eigenvalue weighted by molar-refractivity contribution is 0.356. The van der Waals surface area contributed by atoms with Crippen molar-refractivity contribution >= 4 is 28.5 Å². The van der Waals surface area contributed by atoms with E-state index in [1.807, 2.05) is 0 Å². The zero-order chi connectivity index (χ0) is 15.2. The van der Waals surface area contributed by atoms with E-state index in [4.69, 9.17) is 9.47 Å². The Balaban J connectivity index is 2.52. The average Bonchev–Trinajstić information content (AvgIpc) is 2.79. The van der Waals surface area contributed by atoms with Crippen LogP contribution in [0.15, 0.2) is 36.4 Å². The van der Waals surface area contributed by atoms with Crippen molar-refractivity contribution in [1.29, 1.82) is 0 Å². The van der Waals surface area contributed by atoms with Crippen molar-refractivity contribution in [2.45, 2.75) is 25.9 Å². The molecule has 3 heteroatoms. The maximum Gasteiger partial charge on any atom is 0.161 e. The van der Waals surface area contributed by atoms with Gasteiger partial charge in [0.05, 0.1) is 14.2 Å². The van der Waals surface area contributed by atoms with Gasteiger partial charge in [0.2, 0.25) is 0 Å². The van der Waals surface area contributed by atoms with Gasteiger partial charge >= 0.3 is 0 Å². The molecule has 0 amide bonds. The maximum absolute atomic E-state index is 5.51. The van der Waals surface area contributed by atoms with Crippen molar-refractivity contribution in [2.75, 3.05) is 14.2 Å². The highest BCUT2D eigenvalue weighted by molar-refractivity contribution is 7.62. The third-order valence-electron chi connectivity index (χ3n) is 3.85. The molecule has 0 aliphatic heterocycles. The molecule has 0 N–H and O–H groups in total. The van der Waals surface area contributed by atoms with Crippen LogP contribution in [-0.2, 0) is 5.16 Å². The Kier molecular flexibility index (Phi) is 3.37. The molecule has 1 aromatic heterocycles. The molecule has 0 saturated heterocycles. The molecule has 3 aromatic rings. The van der Waals surface area contributed by atoms with Gasteiger partial charge in [-0.05, 0) is 22.9 Å². The van der Waals surface area contributed by atoms with E-state index in [0.29, 0.717) is 0 Å². The summed E-state index contributed by atoms with van der Waals surface area (Å²) >= 11 is 0. The predicted molar refractivity (Wildman–Crippen MR) is 92.3 cm³/mol. The number of hydrogen-bond donors (Lipinski definition) is 0. The van der Waals surface area contributed by atoms with Gasteiger partial charge in [0, 0.05) is 15.4 Å². The summed E-state index contributed by atoms with van der Waals surface area (Å²) in [7, 11) is 3.00. The highest BCUT2D eigenvalue weighted by Crippen LogP contribution is 2.59. The Hall–Kier alpha value is -1.66. The minimum Gasteiger partial charge on any atom is -0.493 e. The van der Waals surface area contributed by atoms with Crippen molar-refractivity contribution in [1.82, 2.24) is 0 Å². The van der Waals surface area contributed by atoms with Gasteiger partial charge in [0.1, 0.15) is 0 Å². The number of rotatable bonds is 2. The van der Waals surface area contributed by atoms with E-state index >= 15 is 0 Å². The molecular formula is C18H21O2P. The SMILES string of the molecule is COc1cc2c3ccccc3p(C(C)(C)C)c2cc1OC. The lowest BCUT2D eigenvalue weighted by atomic mass is 10.1. The Morgan fingerprint density at radius 1 is 0.810 bits per heavy atom. The third-order valence-corrected chi connectivity index (χ3v) is 6.91. The van der Waals surface area contributed by atoms with Crippen LogP contribution in [0.4, 0.5) is 0 Å². The smallest absolute Gasteiger partial charge is 0.161 e. The van der Waals surface area contributed by atoms with Gasteiger partial charge in [-0.1, -0.05) is 45.0 Å². The van der Waals surface area contributed by atoms with Crippen molar-refractivity contribution < 1.29 is 9.47 Å². The second kappa shape index (κ2) is 4.96. The molecule has 0 aliphatic rings. The van der Waals surface area contributed by atoms with Crippen molar-refractivity contribution in [3.05, 3.63) is 36.4 Å². The molecule has 0 saturated carbocycles. The number of ether oxygens (including phenoxy) is 2. The Labute approximate surface area is 126 Å². The number of hydrogen-bond acceptors (Lipinski definition) is 2. The van der Waals surface area contributed by atoms with E-state index in [2.05, 4.69) is 57.2 Å². The minimum absolute atomic E-state index is 0.219. The third kappa shape index (κ3) is 2.18. The lowest BCUT2D eigenvalue weighted by Gasteiger charge is -2.21. The summed E-state index contributed by atoms with van der Waals surface area (Å²) in [4.78, 5) is 0. The quantitative estimate of drug-likeness (QED) is 0.599. The molecule has 2 nitrogen and oxygen atoms in total. The number of fused-ring (bicyclic) bond motifs is 3. The molecule has 2 aromatic carbocycles. The van der Waals surface area contributed by atoms with Crippen LogP contribution >= 0.6 is 7.53 Å². The molecule has 0 fully saturated rings. The molecule has 21 heavy (non-hydrogen) atoms. The number of methoxy groups -OCH3 is 2. The Morgan fingerprint density at radius 2 is 1.43 bits per heavy atom. The van der Waals surface area contributed by atoms with Crippen LogP contribution in [0.3, 0.4) is 0 Å². The van der Waals surface area contributed by atoms with Crippen LogP contribution in [0.25, 0.3) is 21.0 Å². The van der Waals surface area contributed by atoms with Gasteiger partial charge in [-0.3, -0.25) is 0 Å². The summed E-state index contributed by atoms with van der Waals surface area (Å²) in [5.41, 5.74) is 0. The van der Waals surface area contributed by atoms with Crippen LogP contribution in [0.1, 0.15) is 20.8 Å². The highest BCUT2D eigenvalue weighted by Gasteiger charge is 2.23. The molecule has 1 heterocycles. The Morgan fingerprint density at radius 3 is 2.05 bits per heavy atom. The normalized spacial score (nSPS) is 12.9. The van der Waals surface area contributed by atoms with E-state index in [-0.39, 0.29) is 5.16 Å². The van der Waals surface area contributed by atoms with Gasteiger partial charge in [-0.2, -0.15) is 0 Å². The molecular weight excluding hydrogens is 279 g/mol. The van der Waals surface area contributed by atoms with Gasteiger partial charge in [0.15, 0.2) is 11.5 Å². The molecule has 3 rings (SSSR count). The first-order valence-electron chi connectivity index (χ1n) is 7.13. The second-order valence-electron chi connectivity index (χ2n) is 6.25. The maximum atomic E-state index is 5.51. The summed E-state index contributed by atoms with van der Waals surface area (Å²) in [5, 5.41) is 5.72. The predicted octanol–water partition coefficient (Wildman–Crippen LogP) is 5.75. The minimum atomic E-state index is -0.393. The van der Waals surface area contributed by atoms with Crippen LogP contribution in [0, 0.1) is 0 Å². The fraction of sp³-hybridized carbons (Fsp3) is 0.333. The summed E-state index contributed by atoms with van der Waals surface area (Å²) < 4.78 is 11.0. The fourth-order valence-electron chi connectivity index (χ4n) is 3.02. The van der Waals surface area contributed by atoms with Gasteiger partial charge < -0.3 is 9.47 Å². The second-order valence-corrected chi connectivity index (χ2v) is 9.22. The zero-order valence-electron chi connectivity index (χ0n) is 13.2. The van der Waals surface area contributed by atoms with Gasteiger partial charge in [-0.15, -0.1) is 7.53 Å². The van der Waals surface area contributed by atoms with E-state index in [1.165, 1.54) is 21.0 Å². The first-order chi connectivity index (χ1) is 9.97. The summed E-state index contributed by atoms with van der Waals surface area (Å²) in [5.74, 6) is 1.62. The summed E-state index contributed by atoms with van der Waals surface area (Å²) in [6, 6.07) is 13.0. The van der Waals surface area contributed by atoms with Crippen LogP contribution in [-0.4, -0.2) is 14.2 Å². The summed E-state index contributed by atoms with van der Waals surface area (Å²) in [6.07, 6.45) is 0. The van der Waals surface area contributed by atoms with E-state index in [1.54, 1.807) is 14.2 Å². The first-order valence-corrected chi connectivity index (χ1v) is 8.47. The van der Waals surface area contributed by atoms with Crippen molar-refractivity contribution in [3.8, 4) is 11.5 Å². The van der Waals surface area contributed by atoms with Gasteiger partial charge in [0.25, 0.3) is 0 Å². The monoisotopic (exact) mass is 300 g/mol. The highest BCUT2D eigenvalue weighted by atomic mass is 31.1. The largest absolute Gasteiger partial charge is 0.493 e. The van der Waals surface area contributed by atoms with Crippen molar-refractivity contribution in [2.24, 2.45) is 0 Å². The fourth-order valence-corrected chi connectivity index (χ4v) is 6.07. The molecule has 1 unspecified atom stereocenters. The molecule has 0 aliphatic carbocycles. The summed E-state index contributed by atoms with van der Waals surface area (Å²) in [6.45, 7) is 6.96. The van der Waals surface area contributed by atoms with Crippen LogP contribution in [0.5, 0.6) is 11.5 Å². The van der Waals surface area contributed by atoms with Crippen LogP contribution < -0.4 is 9.47 Å². The average molecular weight is 300 g/mol. The van der Waals surface area contributed by atoms with Crippen molar-refractivity contribution in [3.63, 3.8) is 0 Å². The molecule has 110 valence electrons. The Bertz CT molecular complexity index is 809. The topological polar surface area (TPSA) is 18.5 Å². The molecule has 1 atom stereocenters. The molecule has 0 radical (unpaired) electrons. The van der Waals surface area contributed by atoms with E-state index in [0.717, 1.165) is 11.5 Å². The van der Waals surface area contributed by atoms with Gasteiger partial charge in [-0.25, -0.2) is 0 Å².